The van der Waals surface area contributed by atoms with Crippen LogP contribution in [-0.4, -0.2) is 33.4 Å². The van der Waals surface area contributed by atoms with Crippen LogP contribution in [0.4, 0.5) is 5.82 Å². The zero-order chi connectivity index (χ0) is 12.5. The summed E-state index contributed by atoms with van der Waals surface area (Å²) in [6.07, 6.45) is 5.40. The smallest absolute Gasteiger partial charge is 0.222 e. The van der Waals surface area contributed by atoms with Gasteiger partial charge in [-0.3, -0.25) is 9.78 Å². The number of nitrogens with zero attached hydrogens (tertiary/aromatic N) is 3. The average molecular weight is 308 g/mol. The van der Waals surface area contributed by atoms with E-state index in [-0.39, 0.29) is 11.9 Å². The van der Waals surface area contributed by atoms with Gasteiger partial charge in [-0.25, -0.2) is 9.97 Å². The number of aromatic nitrogens is 3. The van der Waals surface area contributed by atoms with Crippen molar-refractivity contribution in [1.29, 1.82) is 0 Å². The minimum Gasteiger partial charge on any atom is -0.363 e. The molecule has 1 aliphatic rings. The summed E-state index contributed by atoms with van der Waals surface area (Å²) in [4.78, 5) is 24.0. The lowest BCUT2D eigenvalue weighted by Gasteiger charge is -2.12. The van der Waals surface area contributed by atoms with Gasteiger partial charge in [-0.05, 0) is 15.9 Å². The second-order valence-corrected chi connectivity index (χ2v) is 4.91. The number of hydrogen-bond donors (Lipinski definition) is 2. The first-order valence-electron chi connectivity index (χ1n) is 5.52. The van der Waals surface area contributed by atoms with Gasteiger partial charge in [0.15, 0.2) is 5.82 Å². The van der Waals surface area contributed by atoms with Gasteiger partial charge in [-0.1, -0.05) is 0 Å². The molecule has 18 heavy (non-hydrogen) atoms. The Hall–Kier alpha value is -1.76. The van der Waals surface area contributed by atoms with Gasteiger partial charge in [0.2, 0.25) is 5.91 Å². The highest BCUT2D eigenvalue weighted by molar-refractivity contribution is 9.10. The molecule has 0 aromatic carbocycles. The number of anilines is 1. The van der Waals surface area contributed by atoms with Crippen LogP contribution >= 0.6 is 15.9 Å². The molecule has 3 rings (SSSR count). The maximum absolute atomic E-state index is 11.2. The van der Waals surface area contributed by atoms with Crippen molar-refractivity contribution in [3.8, 4) is 0 Å². The number of carbonyl (C=O) groups excluding carboxylic acids is 1. The summed E-state index contributed by atoms with van der Waals surface area (Å²) in [6, 6.07) is 0.0522. The van der Waals surface area contributed by atoms with Crippen molar-refractivity contribution in [2.45, 2.75) is 12.5 Å². The van der Waals surface area contributed by atoms with E-state index in [1.54, 1.807) is 18.6 Å². The highest BCUT2D eigenvalue weighted by Crippen LogP contribution is 2.25. The second kappa shape index (κ2) is 4.49. The third-order valence-electron chi connectivity index (χ3n) is 2.77. The van der Waals surface area contributed by atoms with Crippen LogP contribution in [0.15, 0.2) is 23.1 Å². The summed E-state index contributed by atoms with van der Waals surface area (Å²) >= 11 is 3.39. The molecular weight excluding hydrogens is 298 g/mol. The van der Waals surface area contributed by atoms with Crippen molar-refractivity contribution < 1.29 is 4.79 Å². The zero-order valence-electron chi connectivity index (χ0n) is 9.35. The Kier molecular flexibility index (Phi) is 2.83. The van der Waals surface area contributed by atoms with E-state index in [4.69, 9.17) is 0 Å². The van der Waals surface area contributed by atoms with Gasteiger partial charge in [-0.2, -0.15) is 0 Å². The van der Waals surface area contributed by atoms with Gasteiger partial charge in [0.25, 0.3) is 0 Å². The third-order valence-corrected chi connectivity index (χ3v) is 3.35. The Morgan fingerprint density at radius 2 is 2.06 bits per heavy atom. The molecule has 1 atom stereocenters. The highest BCUT2D eigenvalue weighted by atomic mass is 79.9. The standard InChI is InChI=1S/C11H10BrN5O/c12-7-5-16-11(10-9(7)13-1-2-14-10)17-6-3-8(18)15-4-6/h1-2,5-6H,3-4H2,(H,15,18)(H,16,17)/t6-/m0/s1. The van der Waals surface area contributed by atoms with Crippen molar-refractivity contribution in [2.24, 2.45) is 0 Å². The Morgan fingerprint density at radius 3 is 2.78 bits per heavy atom. The largest absolute Gasteiger partial charge is 0.363 e. The monoisotopic (exact) mass is 307 g/mol. The lowest BCUT2D eigenvalue weighted by molar-refractivity contribution is -0.119. The molecule has 0 aliphatic carbocycles. The van der Waals surface area contributed by atoms with Gasteiger partial charge in [0.05, 0.1) is 10.5 Å². The number of halogens is 1. The summed E-state index contributed by atoms with van der Waals surface area (Å²) in [6.45, 7) is 0.609. The average Bonchev–Trinajstić information content (AvgIpc) is 2.79. The number of carbonyl (C=O) groups is 1. The predicted octanol–water partition coefficient (Wildman–Crippen LogP) is 1.09. The van der Waals surface area contributed by atoms with E-state index in [9.17, 15) is 4.79 Å². The minimum absolute atomic E-state index is 0.0522. The molecule has 6 nitrogen and oxygen atoms in total. The van der Waals surface area contributed by atoms with Crippen molar-refractivity contribution in [2.75, 3.05) is 11.9 Å². The first-order valence-corrected chi connectivity index (χ1v) is 6.32. The fourth-order valence-electron chi connectivity index (χ4n) is 1.94. The third kappa shape index (κ3) is 2.01. The summed E-state index contributed by atoms with van der Waals surface area (Å²) in [7, 11) is 0. The van der Waals surface area contributed by atoms with Crippen LogP contribution in [0.2, 0.25) is 0 Å². The molecule has 92 valence electrons. The molecule has 0 unspecified atom stereocenters. The molecule has 1 amide bonds. The van der Waals surface area contributed by atoms with Crippen LogP contribution in [0.1, 0.15) is 6.42 Å². The molecule has 0 radical (unpaired) electrons. The molecule has 1 aliphatic heterocycles. The second-order valence-electron chi connectivity index (χ2n) is 4.06. The van der Waals surface area contributed by atoms with Crippen molar-refractivity contribution >= 4 is 38.7 Å². The quantitative estimate of drug-likeness (QED) is 0.868. The van der Waals surface area contributed by atoms with E-state index in [0.717, 1.165) is 9.99 Å². The molecule has 7 heteroatoms. The van der Waals surface area contributed by atoms with Crippen LogP contribution < -0.4 is 10.6 Å². The van der Waals surface area contributed by atoms with Gasteiger partial charge in [0, 0.05) is 31.6 Å². The van der Waals surface area contributed by atoms with Crippen LogP contribution in [0, 0.1) is 0 Å². The number of hydrogen-bond acceptors (Lipinski definition) is 5. The van der Waals surface area contributed by atoms with E-state index < -0.39 is 0 Å². The SMILES string of the molecule is O=C1C[C@H](Nc2ncc(Br)c3nccnc23)CN1. The maximum atomic E-state index is 11.2. The maximum Gasteiger partial charge on any atom is 0.222 e. The number of rotatable bonds is 2. The fourth-order valence-corrected chi connectivity index (χ4v) is 2.33. The van der Waals surface area contributed by atoms with Crippen molar-refractivity contribution in [3.63, 3.8) is 0 Å². The normalized spacial score (nSPS) is 18.9. The van der Waals surface area contributed by atoms with Crippen LogP contribution in [0.25, 0.3) is 11.0 Å². The summed E-state index contributed by atoms with van der Waals surface area (Å²) < 4.78 is 0.803. The minimum atomic E-state index is 0.0522. The van der Waals surface area contributed by atoms with Crippen LogP contribution in [0.3, 0.4) is 0 Å². The molecule has 2 aromatic heterocycles. The van der Waals surface area contributed by atoms with Gasteiger partial charge in [-0.15, -0.1) is 0 Å². The van der Waals surface area contributed by atoms with Gasteiger partial charge >= 0.3 is 0 Å². The van der Waals surface area contributed by atoms with Crippen molar-refractivity contribution in [3.05, 3.63) is 23.1 Å². The van der Waals surface area contributed by atoms with Crippen LogP contribution in [-0.2, 0) is 4.79 Å². The first kappa shape index (κ1) is 11.3. The molecule has 1 fully saturated rings. The van der Waals surface area contributed by atoms with Crippen LogP contribution in [0.5, 0.6) is 0 Å². The molecule has 2 N–H and O–H groups in total. The van der Waals surface area contributed by atoms with E-state index in [1.165, 1.54) is 0 Å². The predicted molar refractivity (Wildman–Crippen MR) is 70.1 cm³/mol. The first-order chi connectivity index (χ1) is 8.74. The number of fused-ring (bicyclic) bond motifs is 1. The summed E-state index contributed by atoms with van der Waals surface area (Å²) in [5, 5.41) is 6.00. The fraction of sp³-hybridized carbons (Fsp3) is 0.273. The Bertz CT molecular complexity index is 617. The van der Waals surface area contributed by atoms with E-state index in [0.29, 0.717) is 24.3 Å². The van der Waals surface area contributed by atoms with E-state index >= 15 is 0 Å². The van der Waals surface area contributed by atoms with Crippen molar-refractivity contribution in [1.82, 2.24) is 20.3 Å². The number of nitrogens with one attached hydrogen (secondary N) is 2. The lowest BCUT2D eigenvalue weighted by Crippen LogP contribution is -2.23. The molecule has 0 bridgehead atoms. The zero-order valence-corrected chi connectivity index (χ0v) is 10.9. The Balaban J connectivity index is 1.97. The summed E-state index contributed by atoms with van der Waals surface area (Å²) in [5.74, 6) is 0.711. The van der Waals surface area contributed by atoms with Gasteiger partial charge < -0.3 is 10.6 Å². The molecule has 3 heterocycles. The molecule has 0 saturated carbocycles. The lowest BCUT2D eigenvalue weighted by atomic mass is 10.2. The molecular formula is C11H10BrN5O. The van der Waals surface area contributed by atoms with Gasteiger partial charge in [0.1, 0.15) is 11.0 Å². The Labute approximate surface area is 111 Å². The number of amides is 1. The molecule has 1 saturated heterocycles. The van der Waals surface area contributed by atoms with E-state index in [1.807, 2.05) is 0 Å². The molecule has 2 aromatic rings. The topological polar surface area (TPSA) is 79.8 Å². The van der Waals surface area contributed by atoms with E-state index in [2.05, 4.69) is 41.5 Å². The number of pyridine rings is 1. The molecule has 0 spiro atoms. The highest BCUT2D eigenvalue weighted by Gasteiger charge is 2.22. The Morgan fingerprint density at radius 1 is 1.28 bits per heavy atom. The summed E-state index contributed by atoms with van der Waals surface area (Å²) in [5.41, 5.74) is 1.46.